The van der Waals surface area contributed by atoms with Crippen LogP contribution in [0.3, 0.4) is 0 Å². The van der Waals surface area contributed by atoms with Gasteiger partial charge in [0.25, 0.3) is 0 Å². The second kappa shape index (κ2) is 8.18. The van der Waals surface area contributed by atoms with Gasteiger partial charge < -0.3 is 9.73 Å². The second-order valence-electron chi connectivity index (χ2n) is 4.77. The van der Waals surface area contributed by atoms with E-state index >= 15 is 0 Å². The van der Waals surface area contributed by atoms with Gasteiger partial charge in [-0.25, -0.2) is 4.68 Å². The molecule has 0 unspecified atom stereocenters. The van der Waals surface area contributed by atoms with Crippen LogP contribution in [0, 0.1) is 0 Å². The molecule has 124 valence electrons. The van der Waals surface area contributed by atoms with Gasteiger partial charge in [0.1, 0.15) is 12.1 Å². The molecule has 9 heteroatoms. The third kappa shape index (κ3) is 4.73. The summed E-state index contributed by atoms with van der Waals surface area (Å²) in [7, 11) is 0. The van der Waals surface area contributed by atoms with Gasteiger partial charge in [0.15, 0.2) is 5.11 Å². The number of thiocarbonyl (C=S) groups is 1. The Bertz CT molecular complexity index is 789. The molecule has 6 nitrogen and oxygen atoms in total. The molecule has 0 atom stereocenters. The Hall–Kier alpha value is -2.03. The van der Waals surface area contributed by atoms with Crippen LogP contribution < -0.4 is 10.7 Å². The number of aromatic nitrogens is 3. The molecule has 0 aliphatic heterocycles. The number of benzene rings is 1. The molecule has 3 rings (SSSR count). The summed E-state index contributed by atoms with van der Waals surface area (Å²) in [5, 5.41) is 13.0. The second-order valence-corrected chi connectivity index (χ2v) is 6.56. The minimum Gasteiger partial charge on any atom is -0.467 e. The monoisotopic (exact) mass is 379 g/mol. The fourth-order valence-electron chi connectivity index (χ4n) is 1.86. The van der Waals surface area contributed by atoms with E-state index in [-0.39, 0.29) is 0 Å². The summed E-state index contributed by atoms with van der Waals surface area (Å²) in [6.07, 6.45) is 3.20. The lowest BCUT2D eigenvalue weighted by Gasteiger charge is -2.11. The standard InChI is InChI=1S/C15H14ClN5OS2/c16-12-5-3-11(4-6-12)9-24-15-19-18-10-21(15)20-14(23)17-8-13-2-1-7-22-13/h1-7,10H,8-9H2,(H2,17,20,23). The zero-order valence-electron chi connectivity index (χ0n) is 12.5. The Morgan fingerprint density at radius 1 is 1.29 bits per heavy atom. The predicted molar refractivity (Wildman–Crippen MR) is 98.5 cm³/mol. The van der Waals surface area contributed by atoms with Gasteiger partial charge in [0.05, 0.1) is 12.8 Å². The van der Waals surface area contributed by atoms with Gasteiger partial charge in [-0.05, 0) is 42.0 Å². The number of hydrogen-bond donors (Lipinski definition) is 2. The molecule has 0 fully saturated rings. The average Bonchev–Trinajstić information content (AvgIpc) is 3.24. The van der Waals surface area contributed by atoms with E-state index in [0.29, 0.717) is 16.8 Å². The summed E-state index contributed by atoms with van der Waals surface area (Å²) >= 11 is 12.7. The normalized spacial score (nSPS) is 10.5. The van der Waals surface area contributed by atoms with Gasteiger partial charge in [0.2, 0.25) is 5.16 Å². The van der Waals surface area contributed by atoms with Crippen molar-refractivity contribution in [1.82, 2.24) is 20.2 Å². The highest BCUT2D eigenvalue weighted by molar-refractivity contribution is 7.98. The van der Waals surface area contributed by atoms with Crippen molar-refractivity contribution in [1.29, 1.82) is 0 Å². The van der Waals surface area contributed by atoms with Crippen molar-refractivity contribution < 1.29 is 4.42 Å². The van der Waals surface area contributed by atoms with E-state index in [4.69, 9.17) is 28.2 Å². The van der Waals surface area contributed by atoms with Crippen molar-refractivity contribution in [2.24, 2.45) is 0 Å². The van der Waals surface area contributed by atoms with Gasteiger partial charge in [-0.2, -0.15) is 0 Å². The molecule has 24 heavy (non-hydrogen) atoms. The molecule has 2 N–H and O–H groups in total. The van der Waals surface area contributed by atoms with E-state index in [9.17, 15) is 0 Å². The van der Waals surface area contributed by atoms with Crippen LogP contribution in [-0.2, 0) is 12.3 Å². The maximum absolute atomic E-state index is 5.89. The first-order valence-corrected chi connectivity index (χ1v) is 8.82. The highest BCUT2D eigenvalue weighted by atomic mass is 35.5. The van der Waals surface area contributed by atoms with E-state index in [1.54, 1.807) is 29.0 Å². The molecule has 0 radical (unpaired) electrons. The summed E-state index contributed by atoms with van der Waals surface area (Å²) in [5.41, 5.74) is 4.18. The van der Waals surface area contributed by atoms with E-state index in [0.717, 1.165) is 22.1 Å². The molecule has 0 amide bonds. The molecule has 0 aliphatic carbocycles. The lowest BCUT2D eigenvalue weighted by atomic mass is 10.2. The molecular weight excluding hydrogens is 366 g/mol. The number of nitrogens with zero attached hydrogens (tertiary/aromatic N) is 3. The number of halogens is 1. The first-order chi connectivity index (χ1) is 11.7. The summed E-state index contributed by atoms with van der Waals surface area (Å²) in [6.45, 7) is 0.508. The Kier molecular flexibility index (Phi) is 5.73. The lowest BCUT2D eigenvalue weighted by molar-refractivity contribution is 0.503. The number of nitrogens with one attached hydrogen (secondary N) is 2. The van der Waals surface area contributed by atoms with Gasteiger partial charge in [-0.3, -0.25) is 5.43 Å². The summed E-state index contributed by atoms with van der Waals surface area (Å²) in [4.78, 5) is 0. The third-order valence-corrected chi connectivity index (χ3v) is 4.52. The van der Waals surface area contributed by atoms with Gasteiger partial charge in [0, 0.05) is 10.8 Å². The van der Waals surface area contributed by atoms with Crippen molar-refractivity contribution in [2.45, 2.75) is 17.5 Å². The van der Waals surface area contributed by atoms with E-state index < -0.39 is 0 Å². The van der Waals surface area contributed by atoms with E-state index in [1.807, 2.05) is 36.4 Å². The Labute approximate surface area is 153 Å². The van der Waals surface area contributed by atoms with Crippen LogP contribution >= 0.6 is 35.6 Å². The average molecular weight is 380 g/mol. The zero-order valence-corrected chi connectivity index (χ0v) is 14.9. The number of rotatable bonds is 6. The number of hydrogen-bond acceptors (Lipinski definition) is 5. The van der Waals surface area contributed by atoms with Crippen LogP contribution in [-0.4, -0.2) is 20.0 Å². The van der Waals surface area contributed by atoms with Crippen molar-refractivity contribution in [3.8, 4) is 0 Å². The molecule has 0 saturated carbocycles. The summed E-state index contributed by atoms with van der Waals surface area (Å²) < 4.78 is 6.92. The largest absolute Gasteiger partial charge is 0.467 e. The van der Waals surface area contributed by atoms with Gasteiger partial charge >= 0.3 is 0 Å². The highest BCUT2D eigenvalue weighted by Gasteiger charge is 2.07. The summed E-state index contributed by atoms with van der Waals surface area (Å²) in [5.74, 6) is 1.56. The Morgan fingerprint density at radius 2 is 2.12 bits per heavy atom. The zero-order chi connectivity index (χ0) is 16.8. The first-order valence-electron chi connectivity index (χ1n) is 7.05. The maximum atomic E-state index is 5.89. The lowest BCUT2D eigenvalue weighted by Crippen LogP contribution is -2.33. The van der Waals surface area contributed by atoms with Crippen molar-refractivity contribution in [3.05, 3.63) is 65.3 Å². The SMILES string of the molecule is S=C(NCc1ccco1)Nn1cnnc1SCc1ccc(Cl)cc1. The molecule has 0 spiro atoms. The smallest absolute Gasteiger partial charge is 0.210 e. The fourth-order valence-corrected chi connectivity index (χ4v) is 2.98. The molecule has 2 heterocycles. The third-order valence-electron chi connectivity index (χ3n) is 3.02. The molecule has 0 saturated heterocycles. The maximum Gasteiger partial charge on any atom is 0.210 e. The predicted octanol–water partition coefficient (Wildman–Crippen LogP) is 3.44. The van der Waals surface area contributed by atoms with Crippen LogP contribution in [0.4, 0.5) is 0 Å². The van der Waals surface area contributed by atoms with Crippen LogP contribution in [0.1, 0.15) is 11.3 Å². The highest BCUT2D eigenvalue weighted by Crippen LogP contribution is 2.21. The van der Waals surface area contributed by atoms with Crippen molar-refractivity contribution >= 4 is 40.7 Å². The number of thioether (sulfide) groups is 1. The van der Waals surface area contributed by atoms with Crippen LogP contribution in [0.25, 0.3) is 0 Å². The summed E-state index contributed by atoms with van der Waals surface area (Å²) in [6, 6.07) is 11.4. The van der Waals surface area contributed by atoms with Gasteiger partial charge in [-0.1, -0.05) is 35.5 Å². The first kappa shape index (κ1) is 16.8. The molecule has 0 bridgehead atoms. The van der Waals surface area contributed by atoms with E-state index in [1.165, 1.54) is 0 Å². The Morgan fingerprint density at radius 3 is 2.88 bits per heavy atom. The molecular formula is C15H14ClN5OS2. The number of furan rings is 1. The fraction of sp³-hybridized carbons (Fsp3) is 0.133. The van der Waals surface area contributed by atoms with Crippen LogP contribution in [0.15, 0.2) is 58.6 Å². The van der Waals surface area contributed by atoms with E-state index in [2.05, 4.69) is 20.9 Å². The minimum atomic E-state index is 0.458. The molecule has 1 aromatic carbocycles. The van der Waals surface area contributed by atoms with Crippen molar-refractivity contribution in [3.63, 3.8) is 0 Å². The van der Waals surface area contributed by atoms with Crippen LogP contribution in [0.2, 0.25) is 5.02 Å². The topological polar surface area (TPSA) is 67.9 Å². The Balaban J connectivity index is 1.52. The minimum absolute atomic E-state index is 0.458. The van der Waals surface area contributed by atoms with Crippen molar-refractivity contribution in [2.75, 3.05) is 5.43 Å². The van der Waals surface area contributed by atoms with Crippen LogP contribution in [0.5, 0.6) is 0 Å². The quantitative estimate of drug-likeness (QED) is 0.502. The molecule has 0 aliphatic rings. The van der Waals surface area contributed by atoms with Gasteiger partial charge in [-0.15, -0.1) is 10.2 Å². The molecule has 3 aromatic rings. The molecule has 2 aromatic heterocycles.